The number of hydrogen-bond donors (Lipinski definition) is 9. The maximum absolute atomic E-state index is 13.4. The zero-order valence-corrected chi connectivity index (χ0v) is 22.6. The van der Waals surface area contributed by atoms with Crippen molar-refractivity contribution < 1.29 is 29.1 Å². The minimum atomic E-state index is -1.24. The van der Waals surface area contributed by atoms with Crippen molar-refractivity contribution in [3.8, 4) is 0 Å². The molecule has 4 amide bonds. The summed E-state index contributed by atoms with van der Waals surface area (Å²) < 4.78 is 0. The van der Waals surface area contributed by atoms with Crippen LogP contribution in [0.3, 0.4) is 0 Å². The summed E-state index contributed by atoms with van der Waals surface area (Å²) in [6.45, 7) is -0.0497. The Morgan fingerprint density at radius 1 is 1.02 bits per heavy atom. The summed E-state index contributed by atoms with van der Waals surface area (Å²) in [5, 5.41) is 23.0. The van der Waals surface area contributed by atoms with Crippen LogP contribution in [0.2, 0.25) is 0 Å². The first-order chi connectivity index (χ1) is 19.6. The second-order valence-corrected chi connectivity index (χ2v) is 9.67. The zero-order chi connectivity index (χ0) is 29.8. The molecule has 1 fully saturated rings. The van der Waals surface area contributed by atoms with Gasteiger partial charge in [-0.3, -0.25) is 29.0 Å². The fourth-order valence-corrected chi connectivity index (χ4v) is 4.50. The van der Waals surface area contributed by atoms with Gasteiger partial charge in [0.1, 0.15) is 18.6 Å². The van der Waals surface area contributed by atoms with Crippen molar-refractivity contribution >= 4 is 46.5 Å². The van der Waals surface area contributed by atoms with Crippen LogP contribution in [0.25, 0.3) is 10.9 Å². The molecule has 1 aromatic carbocycles. The van der Waals surface area contributed by atoms with Gasteiger partial charge in [-0.25, -0.2) is 0 Å². The number of aromatic nitrogens is 1. The van der Waals surface area contributed by atoms with E-state index in [4.69, 9.17) is 16.6 Å². The lowest BCUT2D eigenvalue weighted by molar-refractivity contribution is -0.138. The molecular formula is C26H37N9O6. The molecule has 1 aromatic heterocycles. The Kier molecular flexibility index (Phi) is 11.5. The van der Waals surface area contributed by atoms with Gasteiger partial charge in [-0.15, -0.1) is 0 Å². The number of para-hydroxylation sites is 1. The van der Waals surface area contributed by atoms with Crippen molar-refractivity contribution in [3.05, 3.63) is 36.0 Å². The molecule has 0 unspecified atom stereocenters. The molecule has 3 rings (SSSR count). The predicted molar refractivity (Wildman–Crippen MR) is 150 cm³/mol. The number of rotatable bonds is 15. The Hall–Kier alpha value is -4.66. The molecule has 11 N–H and O–H groups in total. The molecule has 15 heteroatoms. The van der Waals surface area contributed by atoms with Gasteiger partial charge in [-0.1, -0.05) is 18.2 Å². The molecule has 1 saturated heterocycles. The lowest BCUT2D eigenvalue weighted by atomic mass is 10.0. The number of carbonyl (C=O) groups excluding carboxylic acids is 4. The standard InChI is InChI=1S/C26H37N9O6/c27-26(28)30-10-4-8-19(34-21(36)13-32-23(39)18-7-3-9-29-18)25(41)35-20(24(40)33-14-22(37)38)11-15-12-31-17-6-2-1-5-16(15)17/h1-2,5-6,12,18-20,29,31H,3-4,7-11,13-14H2,(H,32,39)(H,33,40)(H,34,36)(H,35,41)(H,37,38)(H4,27,28,30)/t18-,19-,20-/m1/s1. The Balaban J connectivity index is 1.71. The van der Waals surface area contributed by atoms with Crippen LogP contribution in [-0.4, -0.2) is 90.0 Å². The molecule has 41 heavy (non-hydrogen) atoms. The summed E-state index contributed by atoms with van der Waals surface area (Å²) in [4.78, 5) is 69.3. The second-order valence-electron chi connectivity index (χ2n) is 9.67. The highest BCUT2D eigenvalue weighted by Crippen LogP contribution is 2.19. The van der Waals surface area contributed by atoms with Crippen molar-refractivity contribution in [2.24, 2.45) is 16.5 Å². The summed E-state index contributed by atoms with van der Waals surface area (Å²) in [6, 6.07) is 4.81. The third kappa shape index (κ3) is 9.79. The third-order valence-corrected chi connectivity index (χ3v) is 6.54. The van der Waals surface area contributed by atoms with Crippen LogP contribution in [0.5, 0.6) is 0 Å². The van der Waals surface area contributed by atoms with Crippen molar-refractivity contribution in [2.75, 3.05) is 26.2 Å². The Bertz CT molecular complexity index is 1270. The van der Waals surface area contributed by atoms with Crippen molar-refractivity contribution in [1.29, 1.82) is 0 Å². The van der Waals surface area contributed by atoms with Gasteiger partial charge in [0.05, 0.1) is 12.6 Å². The van der Waals surface area contributed by atoms with Crippen molar-refractivity contribution in [2.45, 2.75) is 50.2 Å². The van der Waals surface area contributed by atoms with E-state index in [0.717, 1.165) is 29.4 Å². The van der Waals surface area contributed by atoms with Crippen molar-refractivity contribution in [1.82, 2.24) is 31.6 Å². The SMILES string of the molecule is NC(N)=NCCC[C@@H](NC(=O)CNC(=O)[C@H]1CCCN1)C(=O)N[C@H](Cc1c[nH]c2ccccc12)C(=O)NCC(=O)O. The van der Waals surface area contributed by atoms with Crippen LogP contribution in [0, 0.1) is 0 Å². The Morgan fingerprint density at radius 2 is 1.80 bits per heavy atom. The summed E-state index contributed by atoms with van der Waals surface area (Å²) in [7, 11) is 0. The van der Waals surface area contributed by atoms with Gasteiger partial charge < -0.3 is 48.1 Å². The highest BCUT2D eigenvalue weighted by Gasteiger charge is 2.28. The molecule has 3 atom stereocenters. The fourth-order valence-electron chi connectivity index (χ4n) is 4.50. The number of aliphatic imine (C=N–C) groups is 1. The quantitative estimate of drug-likeness (QED) is 0.0638. The predicted octanol–water partition coefficient (Wildman–Crippen LogP) is -2.20. The number of hydrogen-bond acceptors (Lipinski definition) is 7. The fraction of sp³-hybridized carbons (Fsp3) is 0.462. The molecule has 0 bridgehead atoms. The number of nitrogens with two attached hydrogens (primary N) is 2. The number of carbonyl (C=O) groups is 5. The molecule has 1 aliphatic rings. The van der Waals surface area contributed by atoms with Crippen LogP contribution < -0.4 is 38.1 Å². The third-order valence-electron chi connectivity index (χ3n) is 6.54. The first kappa shape index (κ1) is 30.9. The van der Waals surface area contributed by atoms with Gasteiger partial charge in [0.25, 0.3) is 0 Å². The molecule has 222 valence electrons. The van der Waals surface area contributed by atoms with Crippen LogP contribution in [0.15, 0.2) is 35.5 Å². The maximum atomic E-state index is 13.4. The molecule has 1 aliphatic heterocycles. The van der Waals surface area contributed by atoms with E-state index >= 15 is 0 Å². The second kappa shape index (κ2) is 15.2. The smallest absolute Gasteiger partial charge is 0.322 e. The minimum absolute atomic E-state index is 0.0559. The monoisotopic (exact) mass is 571 g/mol. The molecule has 0 radical (unpaired) electrons. The number of amides is 4. The van der Waals surface area contributed by atoms with Gasteiger partial charge in [0.2, 0.25) is 23.6 Å². The van der Waals surface area contributed by atoms with E-state index in [1.165, 1.54) is 0 Å². The highest BCUT2D eigenvalue weighted by atomic mass is 16.4. The average Bonchev–Trinajstić information content (AvgIpc) is 3.62. The largest absolute Gasteiger partial charge is 0.480 e. The zero-order valence-electron chi connectivity index (χ0n) is 22.6. The molecule has 2 heterocycles. The molecule has 15 nitrogen and oxygen atoms in total. The van der Waals surface area contributed by atoms with Gasteiger partial charge >= 0.3 is 5.97 Å². The summed E-state index contributed by atoms with van der Waals surface area (Å²) in [5.41, 5.74) is 12.3. The highest BCUT2D eigenvalue weighted by molar-refractivity contribution is 5.94. The minimum Gasteiger partial charge on any atom is -0.480 e. The molecular weight excluding hydrogens is 534 g/mol. The van der Waals surface area contributed by atoms with E-state index in [9.17, 15) is 24.0 Å². The van der Waals surface area contributed by atoms with E-state index in [2.05, 4.69) is 36.6 Å². The number of carboxylic acids is 1. The van der Waals surface area contributed by atoms with Gasteiger partial charge in [0, 0.05) is 30.1 Å². The number of aliphatic carboxylic acids is 1. The van der Waals surface area contributed by atoms with Gasteiger partial charge in [-0.05, 0) is 43.9 Å². The lowest BCUT2D eigenvalue weighted by Gasteiger charge is -2.23. The van der Waals surface area contributed by atoms with Crippen LogP contribution in [0.1, 0.15) is 31.2 Å². The molecule has 0 aliphatic carbocycles. The van der Waals surface area contributed by atoms with E-state index in [1.54, 1.807) is 6.20 Å². The van der Waals surface area contributed by atoms with E-state index in [-0.39, 0.29) is 43.8 Å². The lowest BCUT2D eigenvalue weighted by Crippen LogP contribution is -2.56. The first-order valence-corrected chi connectivity index (χ1v) is 13.3. The Labute approximate surface area is 236 Å². The number of guanidine groups is 1. The number of benzene rings is 1. The molecule has 2 aromatic rings. The van der Waals surface area contributed by atoms with Gasteiger partial charge in [0.15, 0.2) is 5.96 Å². The summed E-state index contributed by atoms with van der Waals surface area (Å²) >= 11 is 0. The van der Waals surface area contributed by atoms with Crippen LogP contribution >= 0.6 is 0 Å². The van der Waals surface area contributed by atoms with E-state index in [0.29, 0.717) is 12.8 Å². The Morgan fingerprint density at radius 3 is 2.51 bits per heavy atom. The summed E-state index contributed by atoms with van der Waals surface area (Å²) in [6.07, 6.45) is 3.76. The van der Waals surface area contributed by atoms with E-state index in [1.807, 2.05) is 24.3 Å². The molecule has 0 saturated carbocycles. The van der Waals surface area contributed by atoms with E-state index < -0.39 is 42.3 Å². The molecule has 0 spiro atoms. The number of nitrogens with one attached hydrogen (secondary N) is 6. The van der Waals surface area contributed by atoms with Crippen LogP contribution in [0.4, 0.5) is 0 Å². The number of H-pyrrole nitrogens is 1. The average molecular weight is 572 g/mol. The topological polar surface area (TPSA) is 246 Å². The van der Waals surface area contributed by atoms with Crippen molar-refractivity contribution in [3.63, 3.8) is 0 Å². The number of fused-ring (bicyclic) bond motifs is 1. The summed E-state index contributed by atoms with van der Waals surface area (Å²) in [5.74, 6) is -3.63. The van der Waals surface area contributed by atoms with Gasteiger partial charge in [-0.2, -0.15) is 0 Å². The first-order valence-electron chi connectivity index (χ1n) is 13.3. The van der Waals surface area contributed by atoms with Crippen LogP contribution in [-0.2, 0) is 30.4 Å². The number of nitrogens with zero attached hydrogens (tertiary/aromatic N) is 1. The number of aromatic amines is 1. The maximum Gasteiger partial charge on any atom is 0.322 e. The number of carboxylic acid groups (broad SMARTS) is 1. The normalized spacial score (nSPS) is 15.9.